The molecule has 2 heterocycles. The van der Waals surface area contributed by atoms with Crippen LogP contribution < -0.4 is 15.5 Å². The predicted octanol–water partition coefficient (Wildman–Crippen LogP) is 2.96. The average molecular weight is 403 g/mol. The Hall–Kier alpha value is -1.79. The smallest absolute Gasteiger partial charge is 0.191 e. The molecule has 0 spiro atoms. The summed E-state index contributed by atoms with van der Waals surface area (Å²) in [6.45, 7) is 8.59. The summed E-state index contributed by atoms with van der Waals surface area (Å²) in [7, 11) is 1.84. The first-order chi connectivity index (χ1) is 14.2. The highest BCUT2D eigenvalue weighted by molar-refractivity contribution is 5.80. The van der Waals surface area contributed by atoms with Crippen LogP contribution in [0.5, 0.6) is 0 Å². The van der Waals surface area contributed by atoms with E-state index in [9.17, 15) is 0 Å². The molecular weight excluding hydrogens is 364 g/mol. The van der Waals surface area contributed by atoms with Gasteiger partial charge in [-0.1, -0.05) is 17.7 Å². The number of hydrogen-bond acceptors (Lipinski definition) is 4. The third-order valence-corrected chi connectivity index (χ3v) is 5.84. The standard InChI is InChI=1S/C23H38N4O2/c1-19-6-8-22(9-7-19)27-13-3-5-21(17-27)26-23(24-2)25-12-4-14-29-18-20-10-15-28-16-11-20/h6-9,20-21H,3-5,10-18H2,1-2H3,(H2,24,25,26). The van der Waals surface area contributed by atoms with Crippen molar-refractivity contribution in [2.45, 2.75) is 45.1 Å². The second-order valence-electron chi connectivity index (χ2n) is 8.25. The summed E-state index contributed by atoms with van der Waals surface area (Å²) in [5.41, 5.74) is 2.62. The summed E-state index contributed by atoms with van der Waals surface area (Å²) in [5, 5.41) is 7.04. The number of aryl methyl sites for hydroxylation is 1. The van der Waals surface area contributed by atoms with Gasteiger partial charge in [0.1, 0.15) is 0 Å². The number of rotatable bonds is 8. The van der Waals surface area contributed by atoms with E-state index < -0.39 is 0 Å². The van der Waals surface area contributed by atoms with Gasteiger partial charge in [-0.3, -0.25) is 4.99 Å². The number of ether oxygens (including phenoxy) is 2. The maximum Gasteiger partial charge on any atom is 0.191 e. The third kappa shape index (κ3) is 7.52. The Balaban J connectivity index is 1.32. The Labute approximate surface area is 176 Å². The molecule has 0 aromatic heterocycles. The van der Waals surface area contributed by atoms with Gasteiger partial charge in [-0.25, -0.2) is 0 Å². The molecule has 3 rings (SSSR count). The van der Waals surface area contributed by atoms with Gasteiger partial charge in [0.2, 0.25) is 0 Å². The second kappa shape index (κ2) is 12.0. The molecule has 162 valence electrons. The summed E-state index contributed by atoms with van der Waals surface area (Å²) in [5.74, 6) is 1.57. The Morgan fingerprint density at radius 2 is 2.00 bits per heavy atom. The first-order valence-corrected chi connectivity index (χ1v) is 11.2. The van der Waals surface area contributed by atoms with Gasteiger partial charge in [0, 0.05) is 64.8 Å². The average Bonchev–Trinajstić information content (AvgIpc) is 2.76. The lowest BCUT2D eigenvalue weighted by Gasteiger charge is -2.35. The van der Waals surface area contributed by atoms with Gasteiger partial charge in [-0.15, -0.1) is 0 Å². The van der Waals surface area contributed by atoms with Crippen LogP contribution in [0.2, 0.25) is 0 Å². The lowest BCUT2D eigenvalue weighted by Crippen LogP contribution is -2.51. The molecule has 1 aromatic rings. The zero-order chi connectivity index (χ0) is 20.3. The molecule has 6 nitrogen and oxygen atoms in total. The van der Waals surface area contributed by atoms with Crippen molar-refractivity contribution in [3.8, 4) is 0 Å². The van der Waals surface area contributed by atoms with Crippen LogP contribution in [-0.2, 0) is 9.47 Å². The first-order valence-electron chi connectivity index (χ1n) is 11.2. The number of anilines is 1. The molecule has 0 radical (unpaired) electrons. The van der Waals surface area contributed by atoms with Gasteiger partial charge in [0.05, 0.1) is 0 Å². The quantitative estimate of drug-likeness (QED) is 0.398. The summed E-state index contributed by atoms with van der Waals surface area (Å²) < 4.78 is 11.2. The van der Waals surface area contributed by atoms with Crippen LogP contribution in [0.4, 0.5) is 5.69 Å². The van der Waals surface area contributed by atoms with Crippen molar-refractivity contribution in [3.05, 3.63) is 29.8 Å². The van der Waals surface area contributed by atoms with Crippen molar-refractivity contribution >= 4 is 11.6 Å². The van der Waals surface area contributed by atoms with E-state index in [1.165, 1.54) is 24.1 Å². The van der Waals surface area contributed by atoms with Crippen LogP contribution in [-0.4, -0.2) is 65.1 Å². The van der Waals surface area contributed by atoms with Gasteiger partial charge < -0.3 is 25.0 Å². The molecule has 1 atom stereocenters. The normalized spacial score (nSPS) is 21.2. The monoisotopic (exact) mass is 402 g/mol. The SMILES string of the molecule is CN=C(NCCCOCC1CCOCC1)NC1CCCN(c2ccc(C)cc2)C1. The van der Waals surface area contributed by atoms with Crippen molar-refractivity contribution in [1.82, 2.24) is 10.6 Å². The molecule has 2 aliphatic rings. The fourth-order valence-electron chi connectivity index (χ4n) is 4.02. The van der Waals surface area contributed by atoms with Gasteiger partial charge in [-0.05, 0) is 57.1 Å². The molecule has 0 saturated carbocycles. The lowest BCUT2D eigenvalue weighted by molar-refractivity contribution is 0.0203. The van der Waals surface area contributed by atoms with Crippen LogP contribution in [0, 0.1) is 12.8 Å². The van der Waals surface area contributed by atoms with E-state index in [0.29, 0.717) is 12.0 Å². The summed E-state index contributed by atoms with van der Waals surface area (Å²) in [6, 6.07) is 9.26. The van der Waals surface area contributed by atoms with Crippen LogP contribution >= 0.6 is 0 Å². The van der Waals surface area contributed by atoms with Crippen molar-refractivity contribution in [2.75, 3.05) is 58.0 Å². The molecule has 2 aliphatic heterocycles. The molecule has 2 N–H and O–H groups in total. The zero-order valence-corrected chi connectivity index (χ0v) is 18.2. The van der Waals surface area contributed by atoms with E-state index in [0.717, 1.165) is 71.3 Å². The minimum Gasteiger partial charge on any atom is -0.381 e. The zero-order valence-electron chi connectivity index (χ0n) is 18.2. The number of hydrogen-bond donors (Lipinski definition) is 2. The van der Waals surface area contributed by atoms with Crippen LogP contribution in [0.3, 0.4) is 0 Å². The van der Waals surface area contributed by atoms with Crippen molar-refractivity contribution in [3.63, 3.8) is 0 Å². The molecule has 29 heavy (non-hydrogen) atoms. The largest absolute Gasteiger partial charge is 0.381 e. The van der Waals surface area contributed by atoms with Gasteiger partial charge in [0.25, 0.3) is 0 Å². The minimum atomic E-state index is 0.418. The maximum atomic E-state index is 5.85. The van der Waals surface area contributed by atoms with E-state index in [1.807, 2.05) is 7.05 Å². The Kier molecular flexibility index (Phi) is 9.09. The van der Waals surface area contributed by atoms with E-state index in [1.54, 1.807) is 0 Å². The highest BCUT2D eigenvalue weighted by Gasteiger charge is 2.21. The topological polar surface area (TPSA) is 58.1 Å². The second-order valence-corrected chi connectivity index (χ2v) is 8.25. The fourth-order valence-corrected chi connectivity index (χ4v) is 4.02. The highest BCUT2D eigenvalue weighted by Crippen LogP contribution is 2.20. The number of benzene rings is 1. The van der Waals surface area contributed by atoms with Gasteiger partial charge in [0.15, 0.2) is 5.96 Å². The van der Waals surface area contributed by atoms with E-state index in [4.69, 9.17) is 9.47 Å². The lowest BCUT2D eigenvalue weighted by atomic mass is 10.0. The maximum absolute atomic E-state index is 5.85. The summed E-state index contributed by atoms with van der Waals surface area (Å²) in [6.07, 6.45) is 5.63. The van der Waals surface area contributed by atoms with E-state index in [-0.39, 0.29) is 0 Å². The minimum absolute atomic E-state index is 0.418. The molecule has 1 aromatic carbocycles. The molecular formula is C23H38N4O2. The molecule has 0 bridgehead atoms. The molecule has 0 amide bonds. The number of guanidine groups is 1. The van der Waals surface area contributed by atoms with Crippen LogP contribution in [0.1, 0.15) is 37.7 Å². The predicted molar refractivity (Wildman–Crippen MR) is 120 cm³/mol. The molecule has 1 unspecified atom stereocenters. The molecule has 2 saturated heterocycles. The van der Waals surface area contributed by atoms with Gasteiger partial charge in [-0.2, -0.15) is 0 Å². The summed E-state index contributed by atoms with van der Waals surface area (Å²) >= 11 is 0. The fraction of sp³-hybridized carbons (Fsp3) is 0.696. The van der Waals surface area contributed by atoms with Crippen molar-refractivity contribution in [2.24, 2.45) is 10.9 Å². The molecule has 6 heteroatoms. The van der Waals surface area contributed by atoms with Crippen LogP contribution in [0.25, 0.3) is 0 Å². The molecule has 2 fully saturated rings. The van der Waals surface area contributed by atoms with Gasteiger partial charge >= 0.3 is 0 Å². The number of piperidine rings is 1. The van der Waals surface area contributed by atoms with E-state index >= 15 is 0 Å². The highest BCUT2D eigenvalue weighted by atomic mass is 16.5. The number of aliphatic imine (C=N–C) groups is 1. The number of nitrogens with one attached hydrogen (secondary N) is 2. The third-order valence-electron chi connectivity index (χ3n) is 5.84. The summed E-state index contributed by atoms with van der Waals surface area (Å²) in [4.78, 5) is 6.87. The van der Waals surface area contributed by atoms with Crippen LogP contribution in [0.15, 0.2) is 29.3 Å². The van der Waals surface area contributed by atoms with Crippen molar-refractivity contribution < 1.29 is 9.47 Å². The Bertz CT molecular complexity index is 614. The Morgan fingerprint density at radius 1 is 1.21 bits per heavy atom. The Morgan fingerprint density at radius 3 is 2.76 bits per heavy atom. The van der Waals surface area contributed by atoms with E-state index in [2.05, 4.69) is 51.7 Å². The number of nitrogens with zero attached hydrogens (tertiary/aromatic N) is 2. The first kappa shape index (κ1) is 21.9. The van der Waals surface area contributed by atoms with Crippen molar-refractivity contribution in [1.29, 1.82) is 0 Å². The molecule has 0 aliphatic carbocycles.